The minimum Gasteiger partial charge on any atom is -0.494 e. The van der Waals surface area contributed by atoms with Crippen LogP contribution in [-0.2, 0) is 14.4 Å². The molecule has 2 aliphatic rings. The molecule has 0 aromatic heterocycles. The molecule has 0 radical (unpaired) electrons. The second kappa shape index (κ2) is 8.63. The molecule has 3 amide bonds. The molecule has 0 spiro atoms. The Morgan fingerprint density at radius 2 is 1.61 bits per heavy atom. The van der Waals surface area contributed by atoms with E-state index < -0.39 is 0 Å². The van der Waals surface area contributed by atoms with Gasteiger partial charge in [-0.3, -0.25) is 14.4 Å². The molecule has 0 atom stereocenters. The highest BCUT2D eigenvalue weighted by atomic mass is 16.5. The van der Waals surface area contributed by atoms with Gasteiger partial charge in [0.05, 0.1) is 17.9 Å². The lowest BCUT2D eigenvalue weighted by Gasteiger charge is -2.20. The number of likely N-dealkylation sites (tertiary alicyclic amines) is 1. The first-order valence-corrected chi connectivity index (χ1v) is 10.5. The molecule has 31 heavy (non-hydrogen) atoms. The Morgan fingerprint density at radius 1 is 0.968 bits per heavy atom. The minimum atomic E-state index is -0.344. The van der Waals surface area contributed by atoms with Gasteiger partial charge in [0.25, 0.3) is 11.8 Å². The monoisotopic (exact) mass is 419 g/mol. The standard InChI is InChI=1S/C24H25N3O4/c1-3-31-20-12-10-19(11-13-20)27-23(29)21(22(24(27)30)26-14-4-5-15-26)17-6-8-18(9-7-17)25-16(2)28/h6-13H,3-5,14-15H2,1-2H3,(H,25,28). The molecule has 7 nitrogen and oxygen atoms in total. The van der Waals surface area contributed by atoms with E-state index in [0.29, 0.717) is 40.6 Å². The van der Waals surface area contributed by atoms with Crippen molar-refractivity contribution in [3.05, 3.63) is 59.8 Å². The quantitative estimate of drug-likeness (QED) is 0.726. The number of amides is 3. The van der Waals surface area contributed by atoms with Gasteiger partial charge < -0.3 is 15.0 Å². The third kappa shape index (κ3) is 4.03. The second-order valence-corrected chi connectivity index (χ2v) is 7.55. The third-order valence-corrected chi connectivity index (χ3v) is 5.38. The lowest BCUT2D eigenvalue weighted by Crippen LogP contribution is -2.34. The number of nitrogens with zero attached hydrogens (tertiary/aromatic N) is 2. The predicted octanol–water partition coefficient (Wildman–Crippen LogP) is 3.42. The fourth-order valence-corrected chi connectivity index (χ4v) is 4.03. The zero-order chi connectivity index (χ0) is 22.0. The molecule has 2 heterocycles. The van der Waals surface area contributed by atoms with Crippen LogP contribution in [0.2, 0.25) is 0 Å². The largest absolute Gasteiger partial charge is 0.494 e. The lowest BCUT2D eigenvalue weighted by molar-refractivity contribution is -0.120. The van der Waals surface area contributed by atoms with E-state index in [0.717, 1.165) is 25.9 Å². The van der Waals surface area contributed by atoms with Gasteiger partial charge in [-0.05, 0) is 61.7 Å². The van der Waals surface area contributed by atoms with Gasteiger partial charge in [0.2, 0.25) is 5.91 Å². The molecular weight excluding hydrogens is 394 g/mol. The number of hydrogen-bond acceptors (Lipinski definition) is 5. The van der Waals surface area contributed by atoms with Crippen molar-refractivity contribution in [3.8, 4) is 5.75 Å². The summed E-state index contributed by atoms with van der Waals surface area (Å²) < 4.78 is 5.47. The molecule has 1 N–H and O–H groups in total. The van der Waals surface area contributed by atoms with Crippen molar-refractivity contribution in [2.45, 2.75) is 26.7 Å². The van der Waals surface area contributed by atoms with Gasteiger partial charge in [0.1, 0.15) is 11.4 Å². The maximum absolute atomic E-state index is 13.5. The Morgan fingerprint density at radius 3 is 2.19 bits per heavy atom. The highest BCUT2D eigenvalue weighted by Crippen LogP contribution is 2.36. The average molecular weight is 419 g/mol. The fraction of sp³-hybridized carbons (Fsp3) is 0.292. The first kappa shape index (κ1) is 20.7. The van der Waals surface area contributed by atoms with Crippen molar-refractivity contribution in [2.75, 3.05) is 29.9 Å². The molecule has 1 fully saturated rings. The maximum atomic E-state index is 13.5. The van der Waals surface area contributed by atoms with Gasteiger partial charge in [-0.2, -0.15) is 0 Å². The van der Waals surface area contributed by atoms with Crippen LogP contribution in [0, 0.1) is 0 Å². The van der Waals surface area contributed by atoms with Crippen LogP contribution < -0.4 is 15.0 Å². The summed E-state index contributed by atoms with van der Waals surface area (Å²) in [6.45, 7) is 5.38. The van der Waals surface area contributed by atoms with Crippen molar-refractivity contribution in [1.29, 1.82) is 0 Å². The number of hydrogen-bond donors (Lipinski definition) is 1. The van der Waals surface area contributed by atoms with E-state index in [9.17, 15) is 14.4 Å². The molecule has 0 unspecified atom stereocenters. The first-order valence-electron chi connectivity index (χ1n) is 10.5. The highest BCUT2D eigenvalue weighted by Gasteiger charge is 2.42. The van der Waals surface area contributed by atoms with Crippen molar-refractivity contribution in [1.82, 2.24) is 4.90 Å². The molecule has 0 saturated carbocycles. The SMILES string of the molecule is CCOc1ccc(N2C(=O)C(c3ccc(NC(C)=O)cc3)=C(N3CCCC3)C2=O)cc1. The fourth-order valence-electron chi connectivity index (χ4n) is 4.03. The summed E-state index contributed by atoms with van der Waals surface area (Å²) in [6, 6.07) is 14.0. The van der Waals surface area contributed by atoms with Crippen LogP contribution in [0.4, 0.5) is 11.4 Å². The molecule has 2 aromatic carbocycles. The van der Waals surface area contributed by atoms with Crippen LogP contribution in [0.1, 0.15) is 32.3 Å². The molecule has 0 bridgehead atoms. The topological polar surface area (TPSA) is 79.0 Å². The second-order valence-electron chi connectivity index (χ2n) is 7.55. The molecule has 2 aliphatic heterocycles. The molecule has 160 valence electrons. The van der Waals surface area contributed by atoms with Gasteiger partial charge in [-0.25, -0.2) is 4.90 Å². The Hall–Kier alpha value is -3.61. The van der Waals surface area contributed by atoms with Crippen molar-refractivity contribution >= 4 is 34.7 Å². The van der Waals surface area contributed by atoms with Crippen LogP contribution in [-0.4, -0.2) is 42.3 Å². The summed E-state index contributed by atoms with van der Waals surface area (Å²) in [5, 5.41) is 2.72. The Labute approximate surface area is 181 Å². The zero-order valence-electron chi connectivity index (χ0n) is 17.7. The van der Waals surface area contributed by atoms with E-state index in [-0.39, 0.29) is 17.7 Å². The van der Waals surface area contributed by atoms with Crippen LogP contribution in [0.25, 0.3) is 5.57 Å². The van der Waals surface area contributed by atoms with E-state index in [4.69, 9.17) is 4.74 Å². The predicted molar refractivity (Wildman–Crippen MR) is 119 cm³/mol. The normalized spacial score (nSPS) is 16.3. The molecular formula is C24H25N3O4. The Bertz CT molecular complexity index is 1040. The highest BCUT2D eigenvalue weighted by molar-refractivity contribution is 6.45. The molecule has 4 rings (SSSR count). The van der Waals surface area contributed by atoms with E-state index in [1.165, 1.54) is 11.8 Å². The van der Waals surface area contributed by atoms with Gasteiger partial charge >= 0.3 is 0 Å². The molecule has 1 saturated heterocycles. The average Bonchev–Trinajstić information content (AvgIpc) is 3.36. The zero-order valence-corrected chi connectivity index (χ0v) is 17.7. The van der Waals surface area contributed by atoms with Gasteiger partial charge in [0, 0.05) is 25.7 Å². The summed E-state index contributed by atoms with van der Waals surface area (Å²) in [4.78, 5) is 41.4. The van der Waals surface area contributed by atoms with E-state index in [2.05, 4.69) is 5.32 Å². The lowest BCUT2D eigenvalue weighted by atomic mass is 10.0. The van der Waals surface area contributed by atoms with Crippen LogP contribution in [0.5, 0.6) is 5.75 Å². The molecule has 7 heteroatoms. The van der Waals surface area contributed by atoms with Crippen LogP contribution in [0.15, 0.2) is 54.2 Å². The van der Waals surface area contributed by atoms with Gasteiger partial charge in [-0.1, -0.05) is 12.1 Å². The number of rotatable bonds is 6. The molecule has 2 aromatic rings. The molecule has 0 aliphatic carbocycles. The first-order chi connectivity index (χ1) is 15.0. The number of ether oxygens (including phenoxy) is 1. The van der Waals surface area contributed by atoms with E-state index in [1.807, 2.05) is 11.8 Å². The number of carbonyl (C=O) groups is 3. The van der Waals surface area contributed by atoms with Gasteiger partial charge in [0.15, 0.2) is 0 Å². The van der Waals surface area contributed by atoms with Crippen molar-refractivity contribution in [3.63, 3.8) is 0 Å². The Balaban J connectivity index is 1.72. The smallest absolute Gasteiger partial charge is 0.282 e. The van der Waals surface area contributed by atoms with Crippen LogP contribution in [0.3, 0.4) is 0 Å². The number of nitrogens with one attached hydrogen (secondary N) is 1. The van der Waals surface area contributed by atoms with Gasteiger partial charge in [-0.15, -0.1) is 0 Å². The summed E-state index contributed by atoms with van der Waals surface area (Å²) in [5.74, 6) is -0.134. The maximum Gasteiger partial charge on any atom is 0.282 e. The Kier molecular flexibility index (Phi) is 5.75. The summed E-state index contributed by atoms with van der Waals surface area (Å²) in [5.41, 5.74) is 2.65. The van der Waals surface area contributed by atoms with E-state index in [1.54, 1.807) is 48.5 Å². The third-order valence-electron chi connectivity index (χ3n) is 5.38. The minimum absolute atomic E-state index is 0.168. The number of imide groups is 1. The van der Waals surface area contributed by atoms with Crippen molar-refractivity contribution in [2.24, 2.45) is 0 Å². The van der Waals surface area contributed by atoms with Crippen LogP contribution >= 0.6 is 0 Å². The number of carbonyl (C=O) groups excluding carboxylic acids is 3. The van der Waals surface area contributed by atoms with E-state index >= 15 is 0 Å². The summed E-state index contributed by atoms with van der Waals surface area (Å²) in [6.07, 6.45) is 1.98. The van der Waals surface area contributed by atoms with Crippen molar-refractivity contribution < 1.29 is 19.1 Å². The number of anilines is 2. The summed E-state index contributed by atoms with van der Waals surface area (Å²) in [7, 11) is 0. The summed E-state index contributed by atoms with van der Waals surface area (Å²) >= 11 is 0. The number of benzene rings is 2.